The van der Waals surface area contributed by atoms with E-state index in [4.69, 9.17) is 9.47 Å². The molecule has 3 rings (SSSR count). The molecule has 8 heteroatoms. The minimum Gasteiger partial charge on any atom is -0.364 e. The molecule has 2 atom stereocenters. The summed E-state index contributed by atoms with van der Waals surface area (Å²) >= 11 is 0. The fraction of sp³-hybridized carbons (Fsp3) is 0.308. The van der Waals surface area contributed by atoms with Crippen molar-refractivity contribution in [3.63, 3.8) is 0 Å². The number of hydrogen-bond acceptors (Lipinski definition) is 2. The van der Waals surface area contributed by atoms with Crippen LogP contribution in [0.1, 0.15) is 25.0 Å². The van der Waals surface area contributed by atoms with Crippen molar-refractivity contribution < 1.29 is 35.8 Å². The van der Waals surface area contributed by atoms with E-state index in [1.165, 1.54) is 0 Å². The predicted molar refractivity (Wildman–Crippen MR) is 118 cm³/mol. The Balaban J connectivity index is 1.59. The van der Waals surface area contributed by atoms with Gasteiger partial charge in [0, 0.05) is 0 Å². The van der Waals surface area contributed by atoms with Gasteiger partial charge in [0.2, 0.25) is 0 Å². The Morgan fingerprint density at radius 1 is 0.500 bits per heavy atom. The normalized spacial score (nSPS) is 14.1. The highest BCUT2D eigenvalue weighted by Crippen LogP contribution is 2.28. The van der Waals surface area contributed by atoms with Crippen molar-refractivity contribution in [3.8, 4) is 22.3 Å². The maximum absolute atomic E-state index is 12.5. The van der Waals surface area contributed by atoms with Crippen LogP contribution in [-0.4, -0.2) is 24.6 Å². The zero-order valence-corrected chi connectivity index (χ0v) is 18.6. The fourth-order valence-electron chi connectivity index (χ4n) is 3.07. The molecule has 0 heterocycles. The summed E-state index contributed by atoms with van der Waals surface area (Å²) in [5, 5.41) is 0. The predicted octanol–water partition coefficient (Wildman–Crippen LogP) is 7.96. The molecule has 0 spiro atoms. The molecule has 0 aliphatic rings. The quantitative estimate of drug-likeness (QED) is 0.303. The van der Waals surface area contributed by atoms with Gasteiger partial charge in [-0.2, -0.15) is 26.3 Å². The molecule has 0 aromatic heterocycles. The Hall–Kier alpha value is -2.84. The summed E-state index contributed by atoms with van der Waals surface area (Å²) in [5.41, 5.74) is 4.98. The Labute approximate surface area is 194 Å². The molecule has 34 heavy (non-hydrogen) atoms. The third kappa shape index (κ3) is 7.08. The lowest BCUT2D eigenvalue weighted by Gasteiger charge is -2.16. The summed E-state index contributed by atoms with van der Waals surface area (Å²) in [6.07, 6.45) is -12.4. The molecule has 0 unspecified atom stereocenters. The van der Waals surface area contributed by atoms with E-state index >= 15 is 0 Å². The highest BCUT2D eigenvalue weighted by molar-refractivity contribution is 5.70. The zero-order valence-electron chi connectivity index (χ0n) is 18.6. The van der Waals surface area contributed by atoms with Crippen molar-refractivity contribution in [3.05, 3.63) is 83.9 Å². The maximum atomic E-state index is 12.5. The molecule has 0 aliphatic heterocycles. The van der Waals surface area contributed by atoms with E-state index in [9.17, 15) is 26.3 Å². The minimum atomic E-state index is -4.39. The van der Waals surface area contributed by atoms with Crippen LogP contribution in [0.25, 0.3) is 22.3 Å². The van der Waals surface area contributed by atoms with Gasteiger partial charge < -0.3 is 9.47 Å². The van der Waals surface area contributed by atoms with Gasteiger partial charge in [-0.05, 0) is 47.2 Å². The lowest BCUT2D eigenvalue weighted by Crippen LogP contribution is -2.28. The van der Waals surface area contributed by atoms with E-state index in [0.29, 0.717) is 11.1 Å². The molecular formula is C26H24F6O2. The second-order valence-corrected chi connectivity index (χ2v) is 7.96. The van der Waals surface area contributed by atoms with Crippen LogP contribution < -0.4 is 0 Å². The van der Waals surface area contributed by atoms with Crippen LogP contribution in [0.2, 0.25) is 0 Å². The average Bonchev–Trinajstić information content (AvgIpc) is 2.80. The minimum absolute atomic E-state index is 0.129. The largest absolute Gasteiger partial charge is 0.414 e. The van der Waals surface area contributed by atoms with E-state index in [1.807, 2.05) is 48.5 Å². The number of ether oxygens (including phenoxy) is 2. The van der Waals surface area contributed by atoms with E-state index < -0.39 is 24.6 Å². The Morgan fingerprint density at radius 2 is 0.735 bits per heavy atom. The first-order valence-corrected chi connectivity index (χ1v) is 10.6. The molecule has 0 amide bonds. The van der Waals surface area contributed by atoms with Crippen molar-refractivity contribution >= 4 is 0 Å². The SMILES string of the molecule is C[C@@H](OCc1ccc(-c2ccc(-c3ccc(CO[C@H](C)C(F)(F)F)cc3)cc2)cc1)C(F)(F)F. The second-order valence-electron chi connectivity index (χ2n) is 7.96. The first-order valence-electron chi connectivity index (χ1n) is 10.6. The van der Waals surface area contributed by atoms with Crippen LogP contribution in [0.15, 0.2) is 72.8 Å². The van der Waals surface area contributed by atoms with E-state index in [1.54, 1.807) is 24.3 Å². The molecular weight excluding hydrogens is 458 g/mol. The van der Waals surface area contributed by atoms with E-state index in [-0.39, 0.29) is 13.2 Å². The topological polar surface area (TPSA) is 18.5 Å². The van der Waals surface area contributed by atoms with Crippen LogP contribution in [0.3, 0.4) is 0 Å². The number of alkyl halides is 6. The van der Waals surface area contributed by atoms with Gasteiger partial charge in [0.25, 0.3) is 0 Å². The molecule has 182 valence electrons. The molecule has 0 N–H and O–H groups in total. The maximum Gasteiger partial charge on any atom is 0.414 e. The van der Waals surface area contributed by atoms with Gasteiger partial charge in [0.15, 0.2) is 12.2 Å². The molecule has 0 radical (unpaired) electrons. The molecule has 3 aromatic carbocycles. The number of hydrogen-bond donors (Lipinski definition) is 0. The molecule has 0 saturated heterocycles. The summed E-state index contributed by atoms with van der Waals surface area (Å²) in [5.74, 6) is 0. The summed E-state index contributed by atoms with van der Waals surface area (Å²) in [6.45, 7) is 1.70. The third-order valence-electron chi connectivity index (χ3n) is 5.38. The molecule has 2 nitrogen and oxygen atoms in total. The first kappa shape index (κ1) is 25.8. The van der Waals surface area contributed by atoms with Crippen LogP contribution in [0.5, 0.6) is 0 Å². The Morgan fingerprint density at radius 3 is 0.971 bits per heavy atom. The molecule has 0 aliphatic carbocycles. The van der Waals surface area contributed by atoms with Gasteiger partial charge in [-0.3, -0.25) is 0 Å². The third-order valence-corrected chi connectivity index (χ3v) is 5.38. The van der Waals surface area contributed by atoms with Crippen LogP contribution in [0, 0.1) is 0 Å². The van der Waals surface area contributed by atoms with Crippen LogP contribution in [-0.2, 0) is 22.7 Å². The van der Waals surface area contributed by atoms with Crippen molar-refractivity contribution in [2.45, 2.75) is 51.6 Å². The van der Waals surface area contributed by atoms with E-state index in [0.717, 1.165) is 36.1 Å². The lowest BCUT2D eigenvalue weighted by atomic mass is 9.99. The van der Waals surface area contributed by atoms with Crippen molar-refractivity contribution in [2.24, 2.45) is 0 Å². The fourth-order valence-corrected chi connectivity index (χ4v) is 3.07. The van der Waals surface area contributed by atoms with Crippen LogP contribution >= 0.6 is 0 Å². The standard InChI is InChI=1S/C26H24F6O2/c1-17(25(27,28)29)33-15-19-3-7-21(8-4-19)23-11-13-24(14-12-23)22-9-5-20(6-10-22)16-34-18(2)26(30,31)32/h3-14,17-18H,15-16H2,1-2H3/t17-,18-/m1/s1. The van der Waals surface area contributed by atoms with Crippen molar-refractivity contribution in [2.75, 3.05) is 0 Å². The Kier molecular flexibility index (Phi) is 8.05. The van der Waals surface area contributed by atoms with Crippen LogP contribution in [0.4, 0.5) is 26.3 Å². The molecule has 0 bridgehead atoms. The van der Waals surface area contributed by atoms with Gasteiger partial charge in [0.1, 0.15) is 0 Å². The summed E-state index contributed by atoms with van der Waals surface area (Å²) in [7, 11) is 0. The van der Waals surface area contributed by atoms with Crippen molar-refractivity contribution in [1.82, 2.24) is 0 Å². The smallest absolute Gasteiger partial charge is 0.364 e. The van der Waals surface area contributed by atoms with Gasteiger partial charge in [0.05, 0.1) is 13.2 Å². The zero-order chi connectivity index (χ0) is 24.9. The van der Waals surface area contributed by atoms with Gasteiger partial charge >= 0.3 is 12.4 Å². The number of benzene rings is 3. The van der Waals surface area contributed by atoms with Gasteiger partial charge in [-0.15, -0.1) is 0 Å². The summed E-state index contributed by atoms with van der Waals surface area (Å²) in [6, 6.07) is 21.9. The van der Waals surface area contributed by atoms with Gasteiger partial charge in [-0.1, -0.05) is 72.8 Å². The van der Waals surface area contributed by atoms with Crippen molar-refractivity contribution in [1.29, 1.82) is 0 Å². The summed E-state index contributed by atoms with van der Waals surface area (Å²) in [4.78, 5) is 0. The lowest BCUT2D eigenvalue weighted by molar-refractivity contribution is -0.217. The molecule has 3 aromatic rings. The molecule has 0 saturated carbocycles. The first-order chi connectivity index (χ1) is 15.9. The Bertz CT molecular complexity index is 953. The summed E-state index contributed by atoms with van der Waals surface area (Å²) < 4.78 is 85.0. The second kappa shape index (κ2) is 10.6. The average molecular weight is 482 g/mol. The number of rotatable bonds is 8. The van der Waals surface area contributed by atoms with E-state index in [2.05, 4.69) is 0 Å². The molecule has 0 fully saturated rings. The highest BCUT2D eigenvalue weighted by Gasteiger charge is 2.37. The van der Waals surface area contributed by atoms with Gasteiger partial charge in [-0.25, -0.2) is 0 Å². The number of halogens is 6. The highest BCUT2D eigenvalue weighted by atomic mass is 19.4. The monoisotopic (exact) mass is 482 g/mol.